The van der Waals surface area contributed by atoms with E-state index in [4.69, 9.17) is 30.4 Å². The van der Waals surface area contributed by atoms with Gasteiger partial charge in [-0.15, -0.1) is 12.3 Å². The van der Waals surface area contributed by atoms with Gasteiger partial charge in [-0.3, -0.25) is 4.52 Å². The maximum absolute atomic E-state index is 12.0. The molecule has 0 aromatic carbocycles. The summed E-state index contributed by atoms with van der Waals surface area (Å²) in [5, 5.41) is 32.5. The fraction of sp³-hybridized carbons (Fsp3) is 0.700. The summed E-state index contributed by atoms with van der Waals surface area (Å²) in [4.78, 5) is 47.3. The molecule has 0 saturated carbocycles. The molecule has 19 nitrogen and oxygen atoms in total. The summed E-state index contributed by atoms with van der Waals surface area (Å²) in [6, 6.07) is 1.40. The highest BCUT2D eigenvalue weighted by molar-refractivity contribution is 7.66. The van der Waals surface area contributed by atoms with Gasteiger partial charge in [0.15, 0.2) is 12.6 Å². The Bertz CT molecular complexity index is 1280. The predicted octanol–water partition coefficient (Wildman–Crippen LogP) is 2.09. The van der Waals surface area contributed by atoms with Crippen LogP contribution in [0.1, 0.15) is 62.8 Å². The van der Waals surface area contributed by atoms with Gasteiger partial charge in [-0.05, 0) is 30.3 Å². The Morgan fingerprint density at radius 3 is 2.45 bits per heavy atom. The Kier molecular flexibility index (Phi) is 12.0. The first kappa shape index (κ1) is 34.9. The highest BCUT2D eigenvalue weighted by Gasteiger charge is 2.48. The number of aromatic nitrogens is 1. The van der Waals surface area contributed by atoms with E-state index in [1.54, 1.807) is 0 Å². The quantitative estimate of drug-likeness (QED) is 0.0368. The van der Waals surface area contributed by atoms with Crippen LogP contribution in [-0.4, -0.2) is 70.7 Å². The van der Waals surface area contributed by atoms with E-state index in [0.717, 1.165) is 30.3 Å². The number of unbranched alkanes of at least 4 members (excludes halogenated alkanes) is 4. The Balaban J connectivity index is 1.63. The number of nitro groups is 1. The summed E-state index contributed by atoms with van der Waals surface area (Å²) in [6.07, 6.45) is 2.38. The van der Waals surface area contributed by atoms with Crippen molar-refractivity contribution in [1.29, 1.82) is 0 Å². The van der Waals surface area contributed by atoms with Gasteiger partial charge in [-0.25, -0.2) is 18.3 Å². The number of nitrogens with zero attached hydrogens (tertiary/aromatic N) is 2. The number of phosphoric ester groups is 1. The fourth-order valence-electron chi connectivity index (χ4n) is 4.40. The Morgan fingerprint density at radius 1 is 1.12 bits per heavy atom. The van der Waals surface area contributed by atoms with E-state index < -0.39 is 71.3 Å². The molecule has 2 aliphatic rings. The number of aliphatic hydroxyl groups excluding tert-OH is 2. The summed E-state index contributed by atoms with van der Waals surface area (Å²) in [7, 11) is -17.3. The number of hydrogen-bond acceptors (Lipinski definition) is 13. The molecule has 8 atom stereocenters. The molecule has 0 amide bonds. The molecule has 1 aromatic rings. The van der Waals surface area contributed by atoms with Gasteiger partial charge in [0.2, 0.25) is 6.23 Å². The van der Waals surface area contributed by atoms with Gasteiger partial charge >= 0.3 is 29.3 Å². The number of rotatable bonds is 16. The van der Waals surface area contributed by atoms with E-state index in [9.17, 15) is 43.8 Å². The van der Waals surface area contributed by atoms with Crippen molar-refractivity contribution in [1.82, 2.24) is 4.57 Å². The van der Waals surface area contributed by atoms with Crippen molar-refractivity contribution in [3.05, 3.63) is 27.9 Å². The summed E-state index contributed by atoms with van der Waals surface area (Å²) in [5.74, 6) is 2.12. The molecule has 2 saturated heterocycles. The lowest BCUT2D eigenvalue weighted by molar-refractivity contribution is -0.395. The molecule has 3 rings (SSSR count). The highest BCUT2D eigenvalue weighted by atomic mass is 31.3. The van der Waals surface area contributed by atoms with Crippen molar-refractivity contribution in [3.63, 3.8) is 0 Å². The van der Waals surface area contributed by atoms with Crippen LogP contribution in [0.25, 0.3) is 0 Å². The lowest BCUT2D eigenvalue weighted by atomic mass is 10.1. The van der Waals surface area contributed by atoms with E-state index in [1.165, 1.54) is 12.3 Å². The van der Waals surface area contributed by atoms with Gasteiger partial charge in [0, 0.05) is 12.8 Å². The van der Waals surface area contributed by atoms with Crippen LogP contribution < -0.4 is 0 Å². The van der Waals surface area contributed by atoms with Crippen molar-refractivity contribution >= 4 is 29.3 Å². The van der Waals surface area contributed by atoms with E-state index >= 15 is 0 Å². The molecule has 238 valence electrons. The Labute approximate surface area is 238 Å². The van der Waals surface area contributed by atoms with Gasteiger partial charge in [0.1, 0.15) is 12.2 Å². The predicted molar refractivity (Wildman–Crippen MR) is 137 cm³/mol. The minimum Gasteiger partial charge on any atom is -0.390 e. The molecule has 2 aliphatic heterocycles. The second-order valence-electron chi connectivity index (χ2n) is 9.25. The Hall–Kier alpha value is -1.55. The molecular weight excluding hydrogens is 633 g/mol. The van der Waals surface area contributed by atoms with Crippen LogP contribution in [0.15, 0.2) is 12.3 Å². The second-order valence-corrected chi connectivity index (χ2v) is 13.6. The molecule has 6 N–H and O–H groups in total. The standard InChI is InChI=1S/C20H31N2O17P3/c1-2-3-4-5-6-7-8-17-34-12-15(35-17)13-9-10-21(19(13)22(25)26)16-11-14(23)18(36-16)20(24)37-41(30,31)39-42(32,33)38-40(27,28)29/h1,9-10,14-18,20,23-24H,3-8,11-12H2,(H,30,31)(H,32,33)(H2,27,28,29)/t14-,15?,16+,17?,18-,20?/m0/s1. The summed E-state index contributed by atoms with van der Waals surface area (Å²) < 4.78 is 63.6. The SMILES string of the molecule is C#CCCCCCCC1OCC(c2ccn([C@H]3C[C@H](O)[C@@H](C(O)OP(=O)(O)OP(=O)(O)OP(=O)(O)O)O3)c2[N+](=O)[O-])O1. The van der Waals surface area contributed by atoms with Gasteiger partial charge < -0.3 is 54.1 Å². The zero-order valence-corrected chi connectivity index (χ0v) is 24.4. The number of ether oxygens (including phenoxy) is 3. The van der Waals surface area contributed by atoms with E-state index in [-0.39, 0.29) is 18.6 Å². The normalized spacial score (nSPS) is 28.2. The average molecular weight is 664 g/mol. The van der Waals surface area contributed by atoms with Crippen molar-refractivity contribution in [2.24, 2.45) is 0 Å². The van der Waals surface area contributed by atoms with Crippen molar-refractivity contribution in [2.75, 3.05) is 6.61 Å². The minimum absolute atomic E-state index is 0.0438. The third kappa shape index (κ3) is 10.00. The summed E-state index contributed by atoms with van der Waals surface area (Å²) >= 11 is 0. The van der Waals surface area contributed by atoms with Gasteiger partial charge in [-0.2, -0.15) is 8.62 Å². The van der Waals surface area contributed by atoms with Crippen LogP contribution in [0.4, 0.5) is 5.82 Å². The fourth-order valence-corrected chi connectivity index (χ4v) is 7.45. The highest BCUT2D eigenvalue weighted by Crippen LogP contribution is 2.66. The topological polar surface area (TPSA) is 276 Å². The van der Waals surface area contributed by atoms with Crippen molar-refractivity contribution in [2.45, 2.75) is 82.1 Å². The van der Waals surface area contributed by atoms with Crippen molar-refractivity contribution in [3.8, 4) is 12.3 Å². The van der Waals surface area contributed by atoms with Crippen LogP contribution in [0, 0.1) is 22.5 Å². The lowest BCUT2D eigenvalue weighted by Crippen LogP contribution is -2.35. The molecule has 3 heterocycles. The maximum atomic E-state index is 12.0. The molecule has 0 spiro atoms. The molecule has 1 aromatic heterocycles. The average Bonchev–Trinajstić information content (AvgIpc) is 3.56. The molecule has 0 radical (unpaired) electrons. The first-order valence-corrected chi connectivity index (χ1v) is 16.9. The van der Waals surface area contributed by atoms with Crippen molar-refractivity contribution < 1.29 is 75.8 Å². The third-order valence-corrected chi connectivity index (χ3v) is 9.89. The van der Waals surface area contributed by atoms with E-state index in [1.807, 2.05) is 0 Å². The van der Waals surface area contributed by atoms with Gasteiger partial charge in [0.05, 0.1) is 24.5 Å². The molecule has 2 fully saturated rings. The monoisotopic (exact) mass is 664 g/mol. The first-order chi connectivity index (χ1) is 19.5. The third-order valence-electron chi connectivity index (χ3n) is 6.08. The largest absolute Gasteiger partial charge is 0.490 e. The zero-order valence-electron chi connectivity index (χ0n) is 21.8. The van der Waals surface area contributed by atoms with Crippen LogP contribution >= 0.6 is 23.5 Å². The van der Waals surface area contributed by atoms with E-state index in [0.29, 0.717) is 12.8 Å². The zero-order chi connectivity index (χ0) is 31.3. The minimum atomic E-state index is -5.86. The Morgan fingerprint density at radius 2 is 1.81 bits per heavy atom. The van der Waals surface area contributed by atoms with Crippen LogP contribution in [0.2, 0.25) is 0 Å². The second kappa shape index (κ2) is 14.5. The van der Waals surface area contributed by atoms with Crippen LogP contribution in [0.5, 0.6) is 0 Å². The maximum Gasteiger partial charge on any atom is 0.490 e. The first-order valence-electron chi connectivity index (χ1n) is 12.4. The molecular formula is C20H31N2O17P3. The van der Waals surface area contributed by atoms with Crippen LogP contribution in [-0.2, 0) is 41.1 Å². The summed E-state index contributed by atoms with van der Waals surface area (Å²) in [5.41, 5.74) is 0.159. The van der Waals surface area contributed by atoms with Gasteiger partial charge in [-0.1, -0.05) is 12.8 Å². The molecule has 0 aliphatic carbocycles. The van der Waals surface area contributed by atoms with Gasteiger partial charge in [0.25, 0.3) is 0 Å². The summed E-state index contributed by atoms with van der Waals surface area (Å²) in [6.45, 7) is 0.0438. The lowest BCUT2D eigenvalue weighted by Gasteiger charge is -2.23. The van der Waals surface area contributed by atoms with E-state index in [2.05, 4.69) is 19.1 Å². The molecule has 42 heavy (non-hydrogen) atoms. The van der Waals surface area contributed by atoms with Crippen LogP contribution in [0.3, 0.4) is 0 Å². The number of phosphoric acid groups is 3. The number of hydrogen-bond donors (Lipinski definition) is 6. The molecule has 22 heteroatoms. The smallest absolute Gasteiger partial charge is 0.390 e. The molecule has 5 unspecified atom stereocenters. The molecule has 0 bridgehead atoms. The number of terminal acetylenes is 1. The number of aliphatic hydroxyl groups is 2.